The van der Waals surface area contributed by atoms with Crippen LogP contribution >= 0.6 is 0 Å². The number of benzene rings is 2. The Morgan fingerprint density at radius 1 is 1.24 bits per heavy atom. The summed E-state index contributed by atoms with van der Waals surface area (Å²) >= 11 is 0. The molecule has 21 heavy (non-hydrogen) atoms. The smallest absolute Gasteiger partial charge is 0.224 e. The van der Waals surface area contributed by atoms with E-state index in [0.717, 1.165) is 11.3 Å². The van der Waals surface area contributed by atoms with Crippen molar-refractivity contribution < 1.29 is 9.53 Å². The molecule has 2 aromatic carbocycles. The zero-order chi connectivity index (χ0) is 15.1. The SMILES string of the molecule is COc1cccc(CCC(=O)Nc2ccccc2C#N)c1. The third-order valence-corrected chi connectivity index (χ3v) is 3.10. The van der Waals surface area contributed by atoms with Crippen LogP contribution in [0.25, 0.3) is 0 Å². The summed E-state index contributed by atoms with van der Waals surface area (Å²) in [6.07, 6.45) is 0.977. The number of nitrogens with one attached hydrogen (secondary N) is 1. The molecule has 106 valence electrons. The van der Waals surface area contributed by atoms with Crippen molar-refractivity contribution in [2.45, 2.75) is 12.8 Å². The first-order valence-electron chi connectivity index (χ1n) is 6.65. The van der Waals surface area contributed by atoms with Gasteiger partial charge in [0.15, 0.2) is 0 Å². The number of aryl methyl sites for hydroxylation is 1. The van der Waals surface area contributed by atoms with Gasteiger partial charge in [-0.3, -0.25) is 4.79 Å². The fraction of sp³-hybridized carbons (Fsp3) is 0.176. The van der Waals surface area contributed by atoms with Crippen LogP contribution in [-0.2, 0) is 11.2 Å². The van der Waals surface area contributed by atoms with Crippen LogP contribution in [0.15, 0.2) is 48.5 Å². The Kier molecular flexibility index (Phi) is 4.94. The van der Waals surface area contributed by atoms with Crippen LogP contribution in [0.4, 0.5) is 5.69 Å². The van der Waals surface area contributed by atoms with Gasteiger partial charge in [0, 0.05) is 6.42 Å². The number of nitriles is 1. The molecule has 4 heteroatoms. The van der Waals surface area contributed by atoms with Crippen molar-refractivity contribution in [2.75, 3.05) is 12.4 Å². The molecular weight excluding hydrogens is 264 g/mol. The fourth-order valence-electron chi connectivity index (χ4n) is 1.99. The molecule has 0 atom stereocenters. The van der Waals surface area contributed by atoms with E-state index >= 15 is 0 Å². The number of rotatable bonds is 5. The van der Waals surface area contributed by atoms with Gasteiger partial charge in [-0.2, -0.15) is 5.26 Å². The average Bonchev–Trinajstić information content (AvgIpc) is 2.53. The number of carbonyl (C=O) groups is 1. The van der Waals surface area contributed by atoms with Gasteiger partial charge in [0.2, 0.25) is 5.91 Å². The summed E-state index contributed by atoms with van der Waals surface area (Å²) in [5.74, 6) is 0.670. The first-order chi connectivity index (χ1) is 10.2. The number of ether oxygens (including phenoxy) is 1. The van der Waals surface area contributed by atoms with E-state index < -0.39 is 0 Å². The van der Waals surface area contributed by atoms with Crippen molar-refractivity contribution in [1.29, 1.82) is 5.26 Å². The molecule has 0 radical (unpaired) electrons. The number of anilines is 1. The van der Waals surface area contributed by atoms with E-state index in [1.807, 2.05) is 24.3 Å². The topological polar surface area (TPSA) is 62.1 Å². The van der Waals surface area contributed by atoms with E-state index in [-0.39, 0.29) is 5.91 Å². The molecule has 0 bridgehead atoms. The lowest BCUT2D eigenvalue weighted by Crippen LogP contribution is -2.13. The summed E-state index contributed by atoms with van der Waals surface area (Å²) < 4.78 is 5.15. The second-order valence-electron chi connectivity index (χ2n) is 4.56. The molecular formula is C17H16N2O2. The molecule has 0 spiro atoms. The highest BCUT2D eigenvalue weighted by molar-refractivity contribution is 5.92. The number of para-hydroxylation sites is 1. The molecule has 0 aliphatic heterocycles. The van der Waals surface area contributed by atoms with E-state index in [9.17, 15) is 4.79 Å². The molecule has 0 saturated carbocycles. The Morgan fingerprint density at radius 2 is 2.05 bits per heavy atom. The maximum atomic E-state index is 12.0. The number of amides is 1. The van der Waals surface area contributed by atoms with Crippen LogP contribution in [0.3, 0.4) is 0 Å². The number of methoxy groups -OCH3 is 1. The van der Waals surface area contributed by atoms with Crippen LogP contribution < -0.4 is 10.1 Å². The molecule has 4 nitrogen and oxygen atoms in total. The van der Waals surface area contributed by atoms with Gasteiger partial charge in [-0.1, -0.05) is 24.3 Å². The molecule has 0 saturated heterocycles. The minimum Gasteiger partial charge on any atom is -0.497 e. The minimum absolute atomic E-state index is 0.111. The largest absolute Gasteiger partial charge is 0.497 e. The molecule has 0 aliphatic carbocycles. The summed E-state index contributed by atoms with van der Waals surface area (Å²) in [5.41, 5.74) is 2.06. The molecule has 2 aromatic rings. The van der Waals surface area contributed by atoms with Crippen LogP contribution in [0, 0.1) is 11.3 Å². The summed E-state index contributed by atoms with van der Waals surface area (Å²) in [4.78, 5) is 12.0. The maximum absolute atomic E-state index is 12.0. The highest BCUT2D eigenvalue weighted by Gasteiger charge is 2.07. The Hall–Kier alpha value is -2.80. The molecule has 0 heterocycles. The predicted octanol–water partition coefficient (Wildman–Crippen LogP) is 3.14. The van der Waals surface area contributed by atoms with Crippen LogP contribution in [0.1, 0.15) is 17.5 Å². The fourth-order valence-corrected chi connectivity index (χ4v) is 1.99. The van der Waals surface area contributed by atoms with Crippen molar-refractivity contribution in [3.63, 3.8) is 0 Å². The monoisotopic (exact) mass is 280 g/mol. The van der Waals surface area contributed by atoms with E-state index in [1.54, 1.807) is 31.4 Å². The first kappa shape index (κ1) is 14.6. The summed E-state index contributed by atoms with van der Waals surface area (Å²) in [5, 5.41) is 11.7. The second kappa shape index (κ2) is 7.11. The van der Waals surface area contributed by atoms with Crippen molar-refractivity contribution in [3.05, 3.63) is 59.7 Å². The van der Waals surface area contributed by atoms with E-state index in [2.05, 4.69) is 11.4 Å². The quantitative estimate of drug-likeness (QED) is 0.915. The zero-order valence-corrected chi connectivity index (χ0v) is 11.8. The van der Waals surface area contributed by atoms with Crippen LogP contribution in [-0.4, -0.2) is 13.0 Å². The molecule has 0 fully saturated rings. The standard InChI is InChI=1S/C17H16N2O2/c1-21-15-7-4-5-13(11-15)9-10-17(20)19-16-8-3-2-6-14(16)12-18/h2-8,11H,9-10H2,1H3,(H,19,20). The number of hydrogen-bond acceptors (Lipinski definition) is 3. The molecule has 1 amide bonds. The number of nitrogens with zero attached hydrogens (tertiary/aromatic N) is 1. The Labute approximate surface area is 124 Å². The lowest BCUT2D eigenvalue weighted by molar-refractivity contribution is -0.116. The predicted molar refractivity (Wildman–Crippen MR) is 81.1 cm³/mol. The Morgan fingerprint density at radius 3 is 2.81 bits per heavy atom. The van der Waals surface area contributed by atoms with Gasteiger partial charge in [-0.25, -0.2) is 0 Å². The molecule has 0 unspecified atom stereocenters. The van der Waals surface area contributed by atoms with Crippen LogP contribution in [0.2, 0.25) is 0 Å². The molecule has 0 aliphatic rings. The van der Waals surface area contributed by atoms with Gasteiger partial charge in [0.25, 0.3) is 0 Å². The van der Waals surface area contributed by atoms with Crippen LogP contribution in [0.5, 0.6) is 5.75 Å². The zero-order valence-electron chi connectivity index (χ0n) is 11.8. The summed E-state index contributed by atoms with van der Waals surface area (Å²) in [6.45, 7) is 0. The Bertz CT molecular complexity index is 674. The van der Waals surface area contributed by atoms with Crippen molar-refractivity contribution >= 4 is 11.6 Å². The normalized spacial score (nSPS) is 9.71. The summed E-state index contributed by atoms with van der Waals surface area (Å²) in [6, 6.07) is 16.7. The average molecular weight is 280 g/mol. The van der Waals surface area contributed by atoms with Crippen molar-refractivity contribution in [3.8, 4) is 11.8 Å². The maximum Gasteiger partial charge on any atom is 0.224 e. The third-order valence-electron chi connectivity index (χ3n) is 3.10. The van der Waals surface area contributed by atoms with E-state index in [4.69, 9.17) is 10.00 Å². The van der Waals surface area contributed by atoms with Crippen molar-refractivity contribution in [1.82, 2.24) is 0 Å². The van der Waals surface area contributed by atoms with E-state index in [0.29, 0.717) is 24.1 Å². The van der Waals surface area contributed by atoms with Gasteiger partial charge in [-0.05, 0) is 36.2 Å². The minimum atomic E-state index is -0.111. The Balaban J connectivity index is 1.94. The lowest BCUT2D eigenvalue weighted by Gasteiger charge is -2.07. The van der Waals surface area contributed by atoms with E-state index in [1.165, 1.54) is 0 Å². The second-order valence-corrected chi connectivity index (χ2v) is 4.56. The lowest BCUT2D eigenvalue weighted by atomic mass is 10.1. The number of hydrogen-bond donors (Lipinski definition) is 1. The molecule has 0 aromatic heterocycles. The van der Waals surface area contributed by atoms with Gasteiger partial charge in [0.05, 0.1) is 18.4 Å². The molecule has 2 rings (SSSR count). The van der Waals surface area contributed by atoms with Gasteiger partial charge in [-0.15, -0.1) is 0 Å². The highest BCUT2D eigenvalue weighted by atomic mass is 16.5. The highest BCUT2D eigenvalue weighted by Crippen LogP contribution is 2.16. The number of carbonyl (C=O) groups excluding carboxylic acids is 1. The third kappa shape index (κ3) is 4.08. The first-order valence-corrected chi connectivity index (χ1v) is 6.65. The molecule has 1 N–H and O–H groups in total. The summed E-state index contributed by atoms with van der Waals surface area (Å²) in [7, 11) is 1.62. The van der Waals surface area contributed by atoms with Gasteiger partial charge >= 0.3 is 0 Å². The van der Waals surface area contributed by atoms with Gasteiger partial charge < -0.3 is 10.1 Å². The van der Waals surface area contributed by atoms with Crippen molar-refractivity contribution in [2.24, 2.45) is 0 Å². The van der Waals surface area contributed by atoms with Gasteiger partial charge in [0.1, 0.15) is 11.8 Å².